The summed E-state index contributed by atoms with van der Waals surface area (Å²) in [6.45, 7) is 4.18. The van der Waals surface area contributed by atoms with E-state index in [0.717, 1.165) is 12.1 Å². The van der Waals surface area contributed by atoms with Gasteiger partial charge in [0.15, 0.2) is 6.61 Å². The van der Waals surface area contributed by atoms with Crippen molar-refractivity contribution in [3.8, 4) is 0 Å². The summed E-state index contributed by atoms with van der Waals surface area (Å²) < 4.78 is 31.2. The number of nitrogens with one attached hydrogen (secondary N) is 1. The largest absolute Gasteiger partial charge is 0.452 e. The fraction of sp³-hybridized carbons (Fsp3) is 0.250. The third kappa shape index (κ3) is 5.35. The van der Waals surface area contributed by atoms with E-state index < -0.39 is 35.7 Å². The van der Waals surface area contributed by atoms with E-state index in [4.69, 9.17) is 4.74 Å². The van der Waals surface area contributed by atoms with Crippen LogP contribution < -0.4 is 5.32 Å². The summed E-state index contributed by atoms with van der Waals surface area (Å²) in [6.07, 6.45) is 0. The number of rotatable bonds is 7. The Morgan fingerprint density at radius 1 is 1.04 bits per heavy atom. The lowest BCUT2D eigenvalue weighted by Crippen LogP contribution is -2.30. The number of benzene rings is 2. The molecule has 0 aliphatic heterocycles. The zero-order chi connectivity index (χ0) is 20.7. The van der Waals surface area contributed by atoms with Crippen molar-refractivity contribution in [3.63, 3.8) is 0 Å². The Balaban J connectivity index is 1.97. The second-order valence-corrected chi connectivity index (χ2v) is 5.81. The quantitative estimate of drug-likeness (QED) is 0.737. The molecule has 6 nitrogen and oxygen atoms in total. The van der Waals surface area contributed by atoms with Gasteiger partial charge in [0.05, 0.1) is 5.56 Å². The van der Waals surface area contributed by atoms with Gasteiger partial charge < -0.3 is 15.0 Å². The molecule has 8 heteroatoms. The van der Waals surface area contributed by atoms with Crippen LogP contribution in [-0.2, 0) is 9.53 Å². The van der Waals surface area contributed by atoms with Gasteiger partial charge in [-0.15, -0.1) is 0 Å². The summed E-state index contributed by atoms with van der Waals surface area (Å²) in [4.78, 5) is 37.8. The SMILES string of the molecule is CCN(CC)C(=O)c1cccc(NC(=O)COC(=O)c2ccc(F)cc2F)c1. The van der Waals surface area contributed by atoms with Crippen LogP contribution in [0, 0.1) is 11.6 Å². The van der Waals surface area contributed by atoms with Crippen LogP contribution >= 0.6 is 0 Å². The molecule has 148 valence electrons. The highest BCUT2D eigenvalue weighted by Crippen LogP contribution is 2.14. The number of carbonyl (C=O) groups excluding carboxylic acids is 3. The van der Waals surface area contributed by atoms with E-state index in [1.807, 2.05) is 13.8 Å². The first-order chi connectivity index (χ1) is 13.3. The Kier molecular flexibility index (Phi) is 7.20. The first-order valence-corrected chi connectivity index (χ1v) is 8.67. The van der Waals surface area contributed by atoms with Gasteiger partial charge in [-0.1, -0.05) is 6.07 Å². The summed E-state index contributed by atoms with van der Waals surface area (Å²) in [5.41, 5.74) is 0.292. The van der Waals surface area contributed by atoms with Gasteiger partial charge in [-0.05, 0) is 44.2 Å². The number of halogens is 2. The van der Waals surface area contributed by atoms with Gasteiger partial charge in [-0.25, -0.2) is 13.6 Å². The molecule has 0 bridgehead atoms. The van der Waals surface area contributed by atoms with E-state index in [-0.39, 0.29) is 5.91 Å². The Morgan fingerprint density at radius 2 is 1.75 bits per heavy atom. The first-order valence-electron chi connectivity index (χ1n) is 8.67. The molecule has 2 aromatic carbocycles. The third-order valence-corrected chi connectivity index (χ3v) is 3.93. The van der Waals surface area contributed by atoms with Crippen molar-refractivity contribution in [2.45, 2.75) is 13.8 Å². The molecule has 0 fully saturated rings. The van der Waals surface area contributed by atoms with Crippen LogP contribution in [0.1, 0.15) is 34.6 Å². The average Bonchev–Trinajstić information content (AvgIpc) is 2.67. The third-order valence-electron chi connectivity index (χ3n) is 3.93. The van der Waals surface area contributed by atoms with Crippen LogP contribution in [0.25, 0.3) is 0 Å². The molecular weight excluding hydrogens is 370 g/mol. The number of hydrogen-bond acceptors (Lipinski definition) is 4. The van der Waals surface area contributed by atoms with Crippen molar-refractivity contribution in [2.75, 3.05) is 25.0 Å². The summed E-state index contributed by atoms with van der Waals surface area (Å²) in [5.74, 6) is -3.82. The minimum Gasteiger partial charge on any atom is -0.452 e. The van der Waals surface area contributed by atoms with E-state index in [2.05, 4.69) is 5.32 Å². The zero-order valence-electron chi connectivity index (χ0n) is 15.5. The highest BCUT2D eigenvalue weighted by atomic mass is 19.1. The molecule has 0 atom stereocenters. The fourth-order valence-corrected chi connectivity index (χ4v) is 2.48. The van der Waals surface area contributed by atoms with Gasteiger partial charge in [-0.2, -0.15) is 0 Å². The van der Waals surface area contributed by atoms with Crippen LogP contribution in [-0.4, -0.2) is 42.4 Å². The van der Waals surface area contributed by atoms with Crippen molar-refractivity contribution in [3.05, 3.63) is 65.2 Å². The summed E-state index contributed by atoms with van der Waals surface area (Å²) in [7, 11) is 0. The molecular formula is C20H20F2N2O4. The van der Waals surface area contributed by atoms with Crippen molar-refractivity contribution < 1.29 is 27.9 Å². The van der Waals surface area contributed by atoms with E-state index in [9.17, 15) is 23.2 Å². The van der Waals surface area contributed by atoms with Gasteiger partial charge in [0.25, 0.3) is 11.8 Å². The summed E-state index contributed by atoms with van der Waals surface area (Å²) in [6, 6.07) is 8.75. The predicted octanol–water partition coefficient (Wildman–Crippen LogP) is 3.24. The van der Waals surface area contributed by atoms with Crippen molar-refractivity contribution >= 4 is 23.5 Å². The monoisotopic (exact) mass is 390 g/mol. The topological polar surface area (TPSA) is 75.7 Å². The molecule has 28 heavy (non-hydrogen) atoms. The molecule has 2 amide bonds. The molecule has 0 aliphatic carbocycles. The standard InChI is InChI=1S/C20H20F2N2O4/c1-3-24(4-2)19(26)13-6-5-7-15(10-13)23-18(25)12-28-20(27)16-9-8-14(21)11-17(16)22/h5-11H,3-4,12H2,1-2H3,(H,23,25). The second-order valence-electron chi connectivity index (χ2n) is 5.81. The van der Waals surface area contributed by atoms with Crippen molar-refractivity contribution in [2.24, 2.45) is 0 Å². The lowest BCUT2D eigenvalue weighted by atomic mass is 10.1. The predicted molar refractivity (Wildman–Crippen MR) is 99.0 cm³/mol. The number of ether oxygens (including phenoxy) is 1. The number of anilines is 1. The average molecular weight is 390 g/mol. The lowest BCUT2D eigenvalue weighted by molar-refractivity contribution is -0.119. The Morgan fingerprint density at radius 3 is 2.39 bits per heavy atom. The second kappa shape index (κ2) is 9.59. The first kappa shape index (κ1) is 21.0. The number of nitrogens with zero attached hydrogens (tertiary/aromatic N) is 1. The molecule has 0 saturated heterocycles. The fourth-order valence-electron chi connectivity index (χ4n) is 2.48. The zero-order valence-corrected chi connectivity index (χ0v) is 15.5. The van der Waals surface area contributed by atoms with Crippen LogP contribution in [0.2, 0.25) is 0 Å². The van der Waals surface area contributed by atoms with Crippen LogP contribution in [0.4, 0.5) is 14.5 Å². The molecule has 0 aliphatic rings. The Labute approximate surface area is 161 Å². The molecule has 0 heterocycles. The molecule has 0 aromatic heterocycles. The summed E-state index contributed by atoms with van der Waals surface area (Å²) in [5, 5.41) is 2.50. The van der Waals surface area contributed by atoms with E-state index in [1.165, 1.54) is 6.07 Å². The molecule has 0 saturated carbocycles. The van der Waals surface area contributed by atoms with Crippen molar-refractivity contribution in [1.82, 2.24) is 4.90 Å². The normalized spacial score (nSPS) is 10.3. The Hall–Kier alpha value is -3.29. The van der Waals surface area contributed by atoms with Crippen LogP contribution in [0.5, 0.6) is 0 Å². The van der Waals surface area contributed by atoms with E-state index >= 15 is 0 Å². The number of amides is 2. The van der Waals surface area contributed by atoms with Crippen LogP contribution in [0.15, 0.2) is 42.5 Å². The molecule has 0 spiro atoms. The smallest absolute Gasteiger partial charge is 0.341 e. The number of carbonyl (C=O) groups is 3. The van der Waals surface area contributed by atoms with Gasteiger partial charge in [0, 0.05) is 30.4 Å². The van der Waals surface area contributed by atoms with Gasteiger partial charge in [0.1, 0.15) is 11.6 Å². The van der Waals surface area contributed by atoms with Crippen LogP contribution in [0.3, 0.4) is 0 Å². The number of esters is 1. The molecule has 0 unspecified atom stereocenters. The minimum absolute atomic E-state index is 0.167. The summed E-state index contributed by atoms with van der Waals surface area (Å²) >= 11 is 0. The molecule has 1 N–H and O–H groups in total. The maximum Gasteiger partial charge on any atom is 0.341 e. The maximum atomic E-state index is 13.5. The van der Waals surface area contributed by atoms with E-state index in [1.54, 1.807) is 23.1 Å². The molecule has 2 rings (SSSR count). The Bertz CT molecular complexity index is 882. The highest BCUT2D eigenvalue weighted by Gasteiger charge is 2.16. The van der Waals surface area contributed by atoms with Gasteiger partial charge in [-0.3, -0.25) is 9.59 Å². The minimum atomic E-state index is -1.09. The molecule has 2 aromatic rings. The highest BCUT2D eigenvalue weighted by molar-refractivity contribution is 5.98. The van der Waals surface area contributed by atoms with Crippen molar-refractivity contribution in [1.29, 1.82) is 0 Å². The maximum absolute atomic E-state index is 13.5. The lowest BCUT2D eigenvalue weighted by Gasteiger charge is -2.19. The van der Waals surface area contributed by atoms with E-state index in [0.29, 0.717) is 30.4 Å². The molecule has 0 radical (unpaired) electrons. The van der Waals surface area contributed by atoms with Gasteiger partial charge in [0.2, 0.25) is 0 Å². The van der Waals surface area contributed by atoms with Gasteiger partial charge >= 0.3 is 5.97 Å². The number of hydrogen-bond donors (Lipinski definition) is 1.